The first-order valence-corrected chi connectivity index (χ1v) is 8.88. The average Bonchev–Trinajstić information content (AvgIpc) is 3.03. The van der Waals surface area contributed by atoms with Crippen LogP contribution in [-0.4, -0.2) is 28.8 Å². The molecule has 0 fully saturated rings. The lowest BCUT2D eigenvalue weighted by Crippen LogP contribution is -2.23. The Kier molecular flexibility index (Phi) is 6.55. The van der Waals surface area contributed by atoms with Crippen molar-refractivity contribution in [2.45, 2.75) is 19.9 Å². The summed E-state index contributed by atoms with van der Waals surface area (Å²) in [6, 6.07) is 8.50. The van der Waals surface area contributed by atoms with E-state index in [-0.39, 0.29) is 29.4 Å². The zero-order valence-electron chi connectivity index (χ0n) is 15.8. The van der Waals surface area contributed by atoms with Gasteiger partial charge in [-0.05, 0) is 37.3 Å². The minimum absolute atomic E-state index is 0.0623. The second-order valence-corrected chi connectivity index (χ2v) is 6.35. The molecule has 0 aliphatic heterocycles. The van der Waals surface area contributed by atoms with Gasteiger partial charge in [0.25, 0.3) is 6.43 Å². The molecule has 3 aromatic rings. The number of anilines is 2. The number of urea groups is 1. The molecule has 30 heavy (non-hydrogen) atoms. The summed E-state index contributed by atoms with van der Waals surface area (Å²) in [5.74, 6) is -0.852. The van der Waals surface area contributed by atoms with Crippen LogP contribution in [0.4, 0.5) is 33.9 Å². The van der Waals surface area contributed by atoms with Crippen molar-refractivity contribution in [1.82, 2.24) is 9.78 Å². The number of rotatable bonds is 7. The van der Waals surface area contributed by atoms with E-state index >= 15 is 0 Å². The number of halogens is 4. The Morgan fingerprint density at radius 2 is 1.93 bits per heavy atom. The van der Waals surface area contributed by atoms with Crippen molar-refractivity contribution in [1.29, 1.82) is 0 Å². The summed E-state index contributed by atoms with van der Waals surface area (Å²) in [4.78, 5) is 12.4. The lowest BCUT2D eigenvalue weighted by molar-refractivity contribution is 0.0823. The van der Waals surface area contributed by atoms with Crippen molar-refractivity contribution in [3.05, 3.63) is 71.4 Å². The van der Waals surface area contributed by atoms with Gasteiger partial charge in [0.15, 0.2) is 0 Å². The molecular formula is C20H18F4N4O2. The number of nitrogens with one attached hydrogen (secondary N) is 2. The highest BCUT2D eigenvalue weighted by Crippen LogP contribution is 2.25. The molecule has 0 unspecified atom stereocenters. The largest absolute Gasteiger partial charge is 0.485 e. The Labute approximate surface area is 169 Å². The van der Waals surface area contributed by atoms with Gasteiger partial charge in [0.1, 0.15) is 29.8 Å². The summed E-state index contributed by atoms with van der Waals surface area (Å²) >= 11 is 0. The Morgan fingerprint density at radius 3 is 2.70 bits per heavy atom. The highest BCUT2D eigenvalue weighted by molar-refractivity contribution is 6.00. The molecule has 0 spiro atoms. The molecule has 0 saturated heterocycles. The van der Waals surface area contributed by atoms with Gasteiger partial charge in [0.2, 0.25) is 0 Å². The number of benzene rings is 2. The lowest BCUT2D eigenvalue weighted by atomic mass is 10.2. The van der Waals surface area contributed by atoms with E-state index in [4.69, 9.17) is 4.74 Å². The van der Waals surface area contributed by atoms with Gasteiger partial charge in [-0.2, -0.15) is 5.10 Å². The van der Waals surface area contributed by atoms with Crippen molar-refractivity contribution in [2.75, 3.05) is 17.2 Å². The van der Waals surface area contributed by atoms with Crippen LogP contribution in [0.25, 0.3) is 0 Å². The molecule has 6 nitrogen and oxygen atoms in total. The van der Waals surface area contributed by atoms with E-state index in [1.54, 1.807) is 19.1 Å². The van der Waals surface area contributed by atoms with Crippen LogP contribution < -0.4 is 15.4 Å². The predicted molar refractivity (Wildman–Crippen MR) is 103 cm³/mol. The number of aromatic nitrogens is 2. The lowest BCUT2D eigenvalue weighted by Gasteiger charge is -2.14. The molecule has 0 saturated carbocycles. The molecule has 1 heterocycles. The minimum atomic E-state index is -2.66. The Balaban J connectivity index is 1.74. The van der Waals surface area contributed by atoms with Crippen molar-refractivity contribution in [3.63, 3.8) is 0 Å². The van der Waals surface area contributed by atoms with E-state index in [1.807, 2.05) is 0 Å². The van der Waals surface area contributed by atoms with Crippen LogP contribution in [0.2, 0.25) is 0 Å². The summed E-state index contributed by atoms with van der Waals surface area (Å²) in [6.45, 7) is 0.757. The quantitative estimate of drug-likeness (QED) is 0.537. The van der Waals surface area contributed by atoms with Gasteiger partial charge in [0, 0.05) is 11.1 Å². The molecule has 0 radical (unpaired) electrons. The van der Waals surface area contributed by atoms with Gasteiger partial charge in [-0.3, -0.25) is 5.32 Å². The number of para-hydroxylation sites is 2. The van der Waals surface area contributed by atoms with Crippen LogP contribution in [0.1, 0.15) is 11.1 Å². The Bertz CT molecular complexity index is 1040. The number of carbonyl (C=O) groups is 1. The van der Waals surface area contributed by atoms with Crippen molar-refractivity contribution < 1.29 is 27.1 Å². The summed E-state index contributed by atoms with van der Waals surface area (Å²) in [7, 11) is 0. The van der Waals surface area contributed by atoms with Gasteiger partial charge in [-0.25, -0.2) is 27.0 Å². The smallest absolute Gasteiger partial charge is 0.324 e. The maximum atomic E-state index is 13.9. The summed E-state index contributed by atoms with van der Waals surface area (Å²) in [5, 5.41) is 9.19. The van der Waals surface area contributed by atoms with Gasteiger partial charge < -0.3 is 10.1 Å². The molecule has 2 amide bonds. The topological polar surface area (TPSA) is 68.2 Å². The van der Waals surface area contributed by atoms with Crippen LogP contribution >= 0.6 is 0 Å². The molecule has 3 rings (SSSR count). The van der Waals surface area contributed by atoms with Gasteiger partial charge >= 0.3 is 6.03 Å². The van der Waals surface area contributed by atoms with Crippen molar-refractivity contribution in [2.24, 2.45) is 0 Å². The van der Waals surface area contributed by atoms with Crippen molar-refractivity contribution in [3.8, 4) is 5.75 Å². The van der Waals surface area contributed by atoms with Crippen LogP contribution in [0.5, 0.6) is 5.75 Å². The second-order valence-electron chi connectivity index (χ2n) is 6.35. The highest BCUT2D eigenvalue weighted by Gasteiger charge is 2.15. The highest BCUT2D eigenvalue weighted by atomic mass is 19.3. The number of aryl methyl sites for hydroxylation is 1. The number of carbonyl (C=O) groups excluding carboxylic acids is 1. The van der Waals surface area contributed by atoms with Crippen LogP contribution in [0.3, 0.4) is 0 Å². The van der Waals surface area contributed by atoms with Gasteiger partial charge in [0.05, 0.1) is 18.4 Å². The number of hydrogen-bond acceptors (Lipinski definition) is 3. The fourth-order valence-electron chi connectivity index (χ4n) is 2.70. The third kappa shape index (κ3) is 5.28. The molecular weight excluding hydrogens is 404 g/mol. The number of hydrogen-bond donors (Lipinski definition) is 2. The molecule has 10 heteroatoms. The number of amides is 2. The van der Waals surface area contributed by atoms with Crippen LogP contribution in [-0.2, 0) is 6.54 Å². The number of nitrogens with zero attached hydrogens (tertiary/aromatic N) is 2. The standard InChI is InChI=1S/C20H18F4N4O2/c1-12-9-25-28(10-13-8-14(21)6-7-15(13)22)19(12)27-20(29)26-16-4-2-3-5-17(16)30-11-18(23)24/h2-9,18H,10-11H2,1H3,(H2,26,27,29). The molecule has 0 bridgehead atoms. The number of alkyl halides is 2. The van der Waals surface area contributed by atoms with Crippen LogP contribution in [0.15, 0.2) is 48.7 Å². The van der Waals surface area contributed by atoms with Crippen LogP contribution in [0, 0.1) is 18.6 Å². The zero-order valence-corrected chi connectivity index (χ0v) is 15.8. The normalized spacial score (nSPS) is 10.9. The number of ether oxygens (including phenoxy) is 1. The fourth-order valence-corrected chi connectivity index (χ4v) is 2.70. The van der Waals surface area contributed by atoms with E-state index in [2.05, 4.69) is 15.7 Å². The summed E-state index contributed by atoms with van der Waals surface area (Å²) in [5.41, 5.74) is 0.840. The molecule has 158 valence electrons. The molecule has 0 aliphatic rings. The maximum Gasteiger partial charge on any atom is 0.324 e. The first-order valence-electron chi connectivity index (χ1n) is 8.88. The predicted octanol–water partition coefficient (Wildman–Crippen LogP) is 4.81. The van der Waals surface area contributed by atoms with Gasteiger partial charge in [-0.15, -0.1) is 0 Å². The fraction of sp³-hybridized carbons (Fsp3) is 0.200. The molecule has 0 aliphatic carbocycles. The third-order valence-electron chi connectivity index (χ3n) is 4.08. The van der Waals surface area contributed by atoms with E-state index in [1.165, 1.54) is 23.0 Å². The van der Waals surface area contributed by atoms with Crippen molar-refractivity contribution >= 4 is 17.5 Å². The molecule has 2 N–H and O–H groups in total. The molecule has 2 aromatic carbocycles. The maximum absolute atomic E-state index is 13.9. The average molecular weight is 422 g/mol. The van der Waals surface area contributed by atoms with E-state index in [0.29, 0.717) is 5.56 Å². The monoisotopic (exact) mass is 422 g/mol. The summed E-state index contributed by atoms with van der Waals surface area (Å²) in [6.07, 6.45) is -1.20. The molecule has 0 atom stereocenters. The minimum Gasteiger partial charge on any atom is -0.485 e. The second kappa shape index (κ2) is 9.29. The summed E-state index contributed by atoms with van der Waals surface area (Å²) < 4.78 is 58.5. The Hall–Kier alpha value is -3.56. The first kappa shape index (κ1) is 21.2. The first-order chi connectivity index (χ1) is 14.3. The SMILES string of the molecule is Cc1cnn(Cc2cc(F)ccc2F)c1NC(=O)Nc1ccccc1OCC(F)F. The van der Waals surface area contributed by atoms with E-state index in [9.17, 15) is 22.4 Å². The molecule has 1 aromatic heterocycles. The van der Waals surface area contributed by atoms with E-state index in [0.717, 1.165) is 18.2 Å². The Morgan fingerprint density at radius 1 is 1.17 bits per heavy atom. The van der Waals surface area contributed by atoms with E-state index < -0.39 is 30.7 Å². The van der Waals surface area contributed by atoms with Gasteiger partial charge in [-0.1, -0.05) is 12.1 Å². The zero-order chi connectivity index (χ0) is 21.7. The third-order valence-corrected chi connectivity index (χ3v) is 4.08.